The smallest absolute Gasteiger partial charge is 0.225 e. The van der Waals surface area contributed by atoms with Crippen molar-refractivity contribution in [3.63, 3.8) is 0 Å². The number of primary amides is 1. The van der Waals surface area contributed by atoms with Gasteiger partial charge in [0.25, 0.3) is 0 Å². The molecule has 0 spiro atoms. The standard InChI is InChI=1S/C9H16N2O2/c1-6(2)9(13)11-4-3-7(5-11)8(10)12/h6-7H,3-5H2,1-2H3,(H2,10,12). The Morgan fingerprint density at radius 1 is 1.46 bits per heavy atom. The molecule has 13 heavy (non-hydrogen) atoms. The summed E-state index contributed by atoms with van der Waals surface area (Å²) in [5.74, 6) is -0.308. The number of nitrogens with zero attached hydrogens (tertiary/aromatic N) is 1. The minimum absolute atomic E-state index is 0.00614. The molecule has 1 heterocycles. The zero-order valence-electron chi connectivity index (χ0n) is 8.12. The third-order valence-corrected chi connectivity index (χ3v) is 2.40. The van der Waals surface area contributed by atoms with Crippen LogP contribution in [0.5, 0.6) is 0 Å². The minimum Gasteiger partial charge on any atom is -0.369 e. The van der Waals surface area contributed by atoms with Crippen molar-refractivity contribution in [3.8, 4) is 0 Å². The second-order valence-corrected chi connectivity index (χ2v) is 3.83. The topological polar surface area (TPSA) is 63.4 Å². The Hall–Kier alpha value is -1.06. The number of rotatable bonds is 2. The molecular weight excluding hydrogens is 168 g/mol. The van der Waals surface area contributed by atoms with E-state index in [0.29, 0.717) is 19.5 Å². The summed E-state index contributed by atoms with van der Waals surface area (Å²) in [5.41, 5.74) is 5.16. The van der Waals surface area contributed by atoms with Gasteiger partial charge < -0.3 is 10.6 Å². The fourth-order valence-electron chi connectivity index (χ4n) is 1.56. The molecule has 0 aliphatic carbocycles. The molecule has 1 fully saturated rings. The lowest BCUT2D eigenvalue weighted by Gasteiger charge is -2.17. The molecule has 1 atom stereocenters. The molecule has 4 nitrogen and oxygen atoms in total. The maximum absolute atomic E-state index is 11.5. The number of hydrogen-bond acceptors (Lipinski definition) is 2. The summed E-state index contributed by atoms with van der Waals surface area (Å²) in [4.78, 5) is 24.0. The molecule has 1 aliphatic rings. The Bertz CT molecular complexity index is 226. The molecule has 0 bridgehead atoms. The highest BCUT2D eigenvalue weighted by atomic mass is 16.2. The number of carbonyl (C=O) groups is 2. The Morgan fingerprint density at radius 3 is 2.46 bits per heavy atom. The van der Waals surface area contributed by atoms with Crippen molar-refractivity contribution in [2.45, 2.75) is 20.3 Å². The van der Waals surface area contributed by atoms with Crippen LogP contribution in [0.1, 0.15) is 20.3 Å². The maximum atomic E-state index is 11.5. The highest BCUT2D eigenvalue weighted by Gasteiger charge is 2.30. The number of hydrogen-bond donors (Lipinski definition) is 1. The Morgan fingerprint density at radius 2 is 2.08 bits per heavy atom. The van der Waals surface area contributed by atoms with Crippen LogP contribution in [-0.2, 0) is 9.59 Å². The summed E-state index contributed by atoms with van der Waals surface area (Å²) >= 11 is 0. The van der Waals surface area contributed by atoms with E-state index in [1.165, 1.54) is 0 Å². The van der Waals surface area contributed by atoms with Crippen LogP contribution in [0.4, 0.5) is 0 Å². The van der Waals surface area contributed by atoms with E-state index in [4.69, 9.17) is 5.73 Å². The quantitative estimate of drug-likeness (QED) is 0.655. The summed E-state index contributed by atoms with van der Waals surface area (Å²) in [6.07, 6.45) is 0.716. The van der Waals surface area contributed by atoms with Crippen molar-refractivity contribution in [2.24, 2.45) is 17.6 Å². The van der Waals surface area contributed by atoms with Crippen LogP contribution in [-0.4, -0.2) is 29.8 Å². The molecule has 0 aromatic heterocycles. The van der Waals surface area contributed by atoms with E-state index in [-0.39, 0.29) is 23.7 Å². The second kappa shape index (κ2) is 3.77. The summed E-state index contributed by atoms with van der Waals surface area (Å²) in [7, 11) is 0. The summed E-state index contributed by atoms with van der Waals surface area (Å²) in [5, 5.41) is 0. The second-order valence-electron chi connectivity index (χ2n) is 3.83. The molecule has 74 valence electrons. The fourth-order valence-corrected chi connectivity index (χ4v) is 1.56. The Labute approximate surface area is 78.1 Å². The van der Waals surface area contributed by atoms with Gasteiger partial charge in [0.2, 0.25) is 11.8 Å². The molecule has 2 N–H and O–H groups in total. The van der Waals surface area contributed by atoms with Crippen LogP contribution in [0, 0.1) is 11.8 Å². The third kappa shape index (κ3) is 2.20. The summed E-state index contributed by atoms with van der Waals surface area (Å²) in [6, 6.07) is 0. The van der Waals surface area contributed by atoms with E-state index in [0.717, 1.165) is 0 Å². The zero-order valence-corrected chi connectivity index (χ0v) is 8.12. The number of likely N-dealkylation sites (tertiary alicyclic amines) is 1. The van der Waals surface area contributed by atoms with E-state index < -0.39 is 0 Å². The van der Waals surface area contributed by atoms with Gasteiger partial charge in [-0.15, -0.1) is 0 Å². The highest BCUT2D eigenvalue weighted by Crippen LogP contribution is 2.17. The molecule has 2 amide bonds. The van der Waals surface area contributed by atoms with Gasteiger partial charge >= 0.3 is 0 Å². The van der Waals surface area contributed by atoms with E-state index in [1.54, 1.807) is 4.90 Å². The lowest BCUT2D eigenvalue weighted by molar-refractivity contribution is -0.133. The van der Waals surface area contributed by atoms with Crippen LogP contribution >= 0.6 is 0 Å². The van der Waals surface area contributed by atoms with E-state index >= 15 is 0 Å². The molecule has 1 saturated heterocycles. The predicted molar refractivity (Wildman–Crippen MR) is 48.7 cm³/mol. The fraction of sp³-hybridized carbons (Fsp3) is 0.778. The van der Waals surface area contributed by atoms with Crippen molar-refractivity contribution >= 4 is 11.8 Å². The van der Waals surface area contributed by atoms with Crippen molar-refractivity contribution < 1.29 is 9.59 Å². The zero-order chi connectivity index (χ0) is 10.0. The van der Waals surface area contributed by atoms with Crippen molar-refractivity contribution in [3.05, 3.63) is 0 Å². The monoisotopic (exact) mass is 184 g/mol. The predicted octanol–water partition coefficient (Wildman–Crippen LogP) is -0.0238. The van der Waals surface area contributed by atoms with Gasteiger partial charge in [0.05, 0.1) is 5.92 Å². The summed E-state index contributed by atoms with van der Waals surface area (Å²) in [6.45, 7) is 4.90. The van der Waals surface area contributed by atoms with Gasteiger partial charge in [0.15, 0.2) is 0 Å². The van der Waals surface area contributed by atoms with E-state index in [1.807, 2.05) is 13.8 Å². The van der Waals surface area contributed by atoms with Crippen LogP contribution in [0.3, 0.4) is 0 Å². The normalized spacial score (nSPS) is 22.4. The van der Waals surface area contributed by atoms with Crippen LogP contribution in [0.2, 0.25) is 0 Å². The number of carbonyl (C=O) groups excluding carboxylic acids is 2. The third-order valence-electron chi connectivity index (χ3n) is 2.40. The lowest BCUT2D eigenvalue weighted by atomic mass is 10.1. The Kier molecular flexibility index (Phi) is 2.90. The molecule has 1 unspecified atom stereocenters. The van der Waals surface area contributed by atoms with Gasteiger partial charge in [0.1, 0.15) is 0 Å². The van der Waals surface area contributed by atoms with Gasteiger partial charge in [-0.05, 0) is 6.42 Å². The van der Waals surface area contributed by atoms with Crippen molar-refractivity contribution in [2.75, 3.05) is 13.1 Å². The van der Waals surface area contributed by atoms with E-state index in [2.05, 4.69) is 0 Å². The molecule has 0 aromatic carbocycles. The molecule has 1 rings (SSSR count). The Balaban J connectivity index is 2.50. The van der Waals surface area contributed by atoms with Crippen molar-refractivity contribution in [1.82, 2.24) is 4.90 Å². The van der Waals surface area contributed by atoms with Gasteiger partial charge in [-0.2, -0.15) is 0 Å². The first-order valence-corrected chi connectivity index (χ1v) is 4.60. The van der Waals surface area contributed by atoms with Crippen LogP contribution in [0.25, 0.3) is 0 Å². The first-order chi connectivity index (χ1) is 6.02. The maximum Gasteiger partial charge on any atom is 0.225 e. The largest absolute Gasteiger partial charge is 0.369 e. The van der Waals surface area contributed by atoms with Gasteiger partial charge in [-0.3, -0.25) is 9.59 Å². The van der Waals surface area contributed by atoms with Crippen LogP contribution < -0.4 is 5.73 Å². The molecule has 4 heteroatoms. The van der Waals surface area contributed by atoms with Crippen LogP contribution in [0.15, 0.2) is 0 Å². The van der Waals surface area contributed by atoms with Crippen molar-refractivity contribution in [1.29, 1.82) is 0 Å². The highest BCUT2D eigenvalue weighted by molar-refractivity contribution is 5.81. The molecule has 1 aliphatic heterocycles. The SMILES string of the molecule is CC(C)C(=O)N1CCC(C(N)=O)C1. The first-order valence-electron chi connectivity index (χ1n) is 4.60. The van der Waals surface area contributed by atoms with Gasteiger partial charge in [0, 0.05) is 19.0 Å². The number of nitrogens with two attached hydrogens (primary N) is 1. The minimum atomic E-state index is -0.293. The first kappa shape index (κ1) is 10.0. The average Bonchev–Trinajstić information content (AvgIpc) is 2.50. The van der Waals surface area contributed by atoms with Gasteiger partial charge in [-0.25, -0.2) is 0 Å². The number of amides is 2. The molecule has 0 aromatic rings. The lowest BCUT2D eigenvalue weighted by Crippen LogP contribution is -2.34. The molecule has 0 radical (unpaired) electrons. The summed E-state index contributed by atoms with van der Waals surface area (Å²) < 4.78 is 0. The van der Waals surface area contributed by atoms with Gasteiger partial charge in [-0.1, -0.05) is 13.8 Å². The molecular formula is C9H16N2O2. The van der Waals surface area contributed by atoms with E-state index in [9.17, 15) is 9.59 Å². The molecule has 0 saturated carbocycles. The average molecular weight is 184 g/mol.